The van der Waals surface area contributed by atoms with Crippen molar-refractivity contribution in [1.82, 2.24) is 19.9 Å². The van der Waals surface area contributed by atoms with Gasteiger partial charge in [0.05, 0.1) is 11.9 Å². The highest BCUT2D eigenvalue weighted by Gasteiger charge is 2.10. The van der Waals surface area contributed by atoms with Crippen LogP contribution in [0.4, 0.5) is 17.5 Å². The van der Waals surface area contributed by atoms with Crippen molar-refractivity contribution in [3.8, 4) is 11.3 Å². The summed E-state index contributed by atoms with van der Waals surface area (Å²) in [4.78, 5) is 17.3. The van der Waals surface area contributed by atoms with Crippen LogP contribution < -0.4 is 11.1 Å². The number of hydrogen-bond acceptors (Lipinski definition) is 6. The average Bonchev–Trinajstić information content (AvgIpc) is 2.68. The van der Waals surface area contributed by atoms with E-state index in [0.29, 0.717) is 17.5 Å². The first-order chi connectivity index (χ1) is 12.7. The first kappa shape index (κ1) is 16.0. The molecule has 0 aliphatic rings. The van der Waals surface area contributed by atoms with Crippen molar-refractivity contribution in [3.05, 3.63) is 66.7 Å². The lowest BCUT2D eigenvalue weighted by Crippen LogP contribution is -1.99. The molecule has 0 aliphatic carbocycles. The molecule has 6 nitrogen and oxygen atoms in total. The molecule has 0 aromatic carbocycles. The van der Waals surface area contributed by atoms with Gasteiger partial charge in [0.1, 0.15) is 17.5 Å². The second kappa shape index (κ2) is 6.76. The van der Waals surface area contributed by atoms with Crippen molar-refractivity contribution in [2.75, 3.05) is 11.1 Å². The number of nitrogen functional groups attached to an aromatic ring is 1. The number of nitrogens with one attached hydrogen (secondary N) is 1. The predicted octanol–water partition coefficient (Wildman–Crippen LogP) is 3.78. The zero-order chi connectivity index (χ0) is 17.9. The van der Waals surface area contributed by atoms with Crippen LogP contribution in [0.3, 0.4) is 0 Å². The van der Waals surface area contributed by atoms with Crippen molar-refractivity contribution in [3.63, 3.8) is 0 Å². The Hall–Kier alpha value is -3.54. The van der Waals surface area contributed by atoms with E-state index in [0.717, 1.165) is 28.5 Å². The summed E-state index contributed by atoms with van der Waals surface area (Å²) in [5.41, 5.74) is 9.17. The van der Waals surface area contributed by atoms with E-state index in [2.05, 4.69) is 38.4 Å². The van der Waals surface area contributed by atoms with Gasteiger partial charge < -0.3 is 11.1 Å². The van der Waals surface area contributed by atoms with E-state index in [-0.39, 0.29) is 0 Å². The SMILES string of the molecule is CCc1ccncc1-c1cc2cc(Nc3ccc[c]n3)ncc2c(N)n1. The van der Waals surface area contributed by atoms with Crippen LogP contribution >= 0.6 is 0 Å². The van der Waals surface area contributed by atoms with E-state index >= 15 is 0 Å². The zero-order valence-electron chi connectivity index (χ0n) is 14.3. The standard InChI is InChI=1S/C20H17N6/c1-2-13-6-8-22-11-15(13)17-9-14-10-19(24-12-16(14)20(21)25-17)26-18-5-3-4-7-23-18/h3-6,8-12H,2H2,1H3,(H2,21,25)(H,23,24,26). The fraction of sp³-hybridized carbons (Fsp3) is 0.100. The summed E-state index contributed by atoms with van der Waals surface area (Å²) >= 11 is 0. The Labute approximate surface area is 151 Å². The number of aryl methyl sites for hydroxylation is 1. The number of aromatic nitrogens is 4. The van der Waals surface area contributed by atoms with Crippen molar-refractivity contribution in [1.29, 1.82) is 0 Å². The van der Waals surface area contributed by atoms with E-state index in [1.807, 2.05) is 36.5 Å². The van der Waals surface area contributed by atoms with Gasteiger partial charge in [0, 0.05) is 29.5 Å². The van der Waals surface area contributed by atoms with Gasteiger partial charge in [0.25, 0.3) is 0 Å². The Morgan fingerprint density at radius 3 is 2.88 bits per heavy atom. The summed E-state index contributed by atoms with van der Waals surface area (Å²) in [5, 5.41) is 4.94. The maximum atomic E-state index is 6.18. The number of fused-ring (bicyclic) bond motifs is 1. The van der Waals surface area contributed by atoms with Crippen LogP contribution in [0.2, 0.25) is 0 Å². The zero-order valence-corrected chi connectivity index (χ0v) is 14.3. The van der Waals surface area contributed by atoms with Crippen molar-refractivity contribution in [2.24, 2.45) is 0 Å². The molecule has 4 heterocycles. The summed E-state index contributed by atoms with van der Waals surface area (Å²) in [6.45, 7) is 2.11. The molecule has 6 heteroatoms. The molecule has 26 heavy (non-hydrogen) atoms. The molecular formula is C20H17N6. The van der Waals surface area contributed by atoms with E-state index in [9.17, 15) is 0 Å². The number of hydrogen-bond donors (Lipinski definition) is 2. The largest absolute Gasteiger partial charge is 0.383 e. The molecule has 0 atom stereocenters. The summed E-state index contributed by atoms with van der Waals surface area (Å²) in [5.74, 6) is 1.82. The second-order valence-corrected chi connectivity index (χ2v) is 5.85. The molecule has 0 aliphatic heterocycles. The van der Waals surface area contributed by atoms with Crippen molar-refractivity contribution in [2.45, 2.75) is 13.3 Å². The van der Waals surface area contributed by atoms with Gasteiger partial charge in [-0.15, -0.1) is 0 Å². The van der Waals surface area contributed by atoms with Crippen LogP contribution in [0.15, 0.2) is 55.0 Å². The Morgan fingerprint density at radius 2 is 2.08 bits per heavy atom. The van der Waals surface area contributed by atoms with Gasteiger partial charge in [-0.3, -0.25) is 4.98 Å². The van der Waals surface area contributed by atoms with Gasteiger partial charge in [-0.05, 0) is 47.7 Å². The molecule has 0 bridgehead atoms. The van der Waals surface area contributed by atoms with Crippen LogP contribution in [-0.2, 0) is 6.42 Å². The molecule has 4 aromatic heterocycles. The number of anilines is 3. The van der Waals surface area contributed by atoms with Gasteiger partial charge in [-0.2, -0.15) is 0 Å². The van der Waals surface area contributed by atoms with Crippen LogP contribution in [-0.4, -0.2) is 19.9 Å². The maximum absolute atomic E-state index is 6.18. The Morgan fingerprint density at radius 1 is 1.15 bits per heavy atom. The van der Waals surface area contributed by atoms with Crippen LogP contribution in [0.25, 0.3) is 22.0 Å². The summed E-state index contributed by atoms with van der Waals surface area (Å²) < 4.78 is 0. The highest BCUT2D eigenvalue weighted by molar-refractivity contribution is 5.94. The fourth-order valence-corrected chi connectivity index (χ4v) is 2.87. The third-order valence-corrected chi connectivity index (χ3v) is 4.18. The molecule has 4 aromatic rings. The van der Waals surface area contributed by atoms with E-state index in [1.54, 1.807) is 18.5 Å². The topological polar surface area (TPSA) is 89.6 Å². The molecule has 4 rings (SSSR count). The Kier molecular flexibility index (Phi) is 4.15. The Bertz CT molecular complexity index is 1060. The summed E-state index contributed by atoms with van der Waals surface area (Å²) in [7, 11) is 0. The van der Waals surface area contributed by atoms with Gasteiger partial charge >= 0.3 is 0 Å². The van der Waals surface area contributed by atoms with Gasteiger partial charge in [0.15, 0.2) is 0 Å². The molecule has 0 saturated carbocycles. The normalized spacial score (nSPS) is 10.8. The maximum Gasteiger partial charge on any atom is 0.133 e. The average molecular weight is 341 g/mol. The minimum absolute atomic E-state index is 0.452. The third kappa shape index (κ3) is 3.04. The monoisotopic (exact) mass is 341 g/mol. The van der Waals surface area contributed by atoms with Crippen LogP contribution in [0, 0.1) is 6.20 Å². The first-order valence-corrected chi connectivity index (χ1v) is 8.34. The van der Waals surface area contributed by atoms with Crippen molar-refractivity contribution >= 4 is 28.2 Å². The third-order valence-electron chi connectivity index (χ3n) is 4.18. The van der Waals surface area contributed by atoms with E-state index < -0.39 is 0 Å². The van der Waals surface area contributed by atoms with Crippen LogP contribution in [0.1, 0.15) is 12.5 Å². The molecule has 0 unspecified atom stereocenters. The minimum atomic E-state index is 0.452. The predicted molar refractivity (Wildman–Crippen MR) is 103 cm³/mol. The Balaban J connectivity index is 1.79. The summed E-state index contributed by atoms with van der Waals surface area (Å²) in [6, 6.07) is 11.4. The van der Waals surface area contributed by atoms with Crippen LogP contribution in [0.5, 0.6) is 0 Å². The smallest absolute Gasteiger partial charge is 0.133 e. The van der Waals surface area contributed by atoms with E-state index in [1.165, 1.54) is 5.56 Å². The lowest BCUT2D eigenvalue weighted by atomic mass is 10.0. The molecule has 1 radical (unpaired) electrons. The molecular weight excluding hydrogens is 324 g/mol. The molecule has 127 valence electrons. The molecule has 3 N–H and O–H groups in total. The number of rotatable bonds is 4. The van der Waals surface area contributed by atoms with Gasteiger partial charge in [-0.1, -0.05) is 13.0 Å². The van der Waals surface area contributed by atoms with Gasteiger partial charge in [-0.25, -0.2) is 15.0 Å². The number of nitrogens with zero attached hydrogens (tertiary/aromatic N) is 4. The minimum Gasteiger partial charge on any atom is -0.383 e. The number of nitrogens with two attached hydrogens (primary N) is 1. The molecule has 0 amide bonds. The second-order valence-electron chi connectivity index (χ2n) is 5.85. The fourth-order valence-electron chi connectivity index (χ4n) is 2.87. The first-order valence-electron chi connectivity index (χ1n) is 8.34. The highest BCUT2D eigenvalue weighted by Crippen LogP contribution is 2.29. The van der Waals surface area contributed by atoms with Crippen molar-refractivity contribution < 1.29 is 0 Å². The molecule has 0 fully saturated rings. The highest BCUT2D eigenvalue weighted by atomic mass is 15.0. The lowest BCUT2D eigenvalue weighted by Gasteiger charge is -2.11. The molecule has 0 spiro atoms. The summed E-state index contributed by atoms with van der Waals surface area (Å²) in [6.07, 6.45) is 9.04. The molecule has 0 saturated heterocycles. The number of pyridine rings is 4. The van der Waals surface area contributed by atoms with E-state index in [4.69, 9.17) is 5.73 Å². The lowest BCUT2D eigenvalue weighted by molar-refractivity contribution is 1.11. The van der Waals surface area contributed by atoms with Gasteiger partial charge in [0.2, 0.25) is 0 Å². The quantitative estimate of drug-likeness (QED) is 0.587.